The van der Waals surface area contributed by atoms with Crippen molar-refractivity contribution in [3.05, 3.63) is 17.3 Å². The van der Waals surface area contributed by atoms with Crippen molar-refractivity contribution in [2.24, 2.45) is 0 Å². The fourth-order valence-electron chi connectivity index (χ4n) is 1.73. The van der Waals surface area contributed by atoms with Gasteiger partial charge in [-0.1, -0.05) is 0 Å². The number of aryl methyl sites for hydroxylation is 1. The molecule has 19 heavy (non-hydrogen) atoms. The van der Waals surface area contributed by atoms with Crippen LogP contribution in [-0.4, -0.2) is 40.8 Å². The number of aliphatic carboxylic acids is 1. The molecule has 2 aromatic rings. The van der Waals surface area contributed by atoms with E-state index < -0.39 is 12.0 Å². The summed E-state index contributed by atoms with van der Waals surface area (Å²) in [6.45, 7) is 2.34. The number of thiophene rings is 1. The van der Waals surface area contributed by atoms with E-state index in [2.05, 4.69) is 15.3 Å². The van der Waals surface area contributed by atoms with Gasteiger partial charge in [-0.3, -0.25) is 0 Å². The van der Waals surface area contributed by atoms with E-state index in [1.165, 1.54) is 17.7 Å². The molecule has 0 bridgehead atoms. The number of hydrogen-bond acceptors (Lipinski definition) is 6. The molecule has 0 amide bonds. The molecule has 2 rings (SSSR count). The monoisotopic (exact) mass is 281 g/mol. The van der Waals surface area contributed by atoms with Crippen LogP contribution in [-0.2, 0) is 9.53 Å². The molecule has 1 unspecified atom stereocenters. The molecule has 0 aromatic carbocycles. The van der Waals surface area contributed by atoms with Crippen molar-refractivity contribution in [1.82, 2.24) is 9.97 Å². The number of carbonyl (C=O) groups is 1. The number of hydrogen-bond donors (Lipinski definition) is 2. The topological polar surface area (TPSA) is 84.3 Å². The average molecular weight is 281 g/mol. The second-order valence-corrected chi connectivity index (χ2v) is 5.02. The highest BCUT2D eigenvalue weighted by atomic mass is 32.1. The molecule has 2 heterocycles. The molecular formula is C12H15N3O3S. The highest BCUT2D eigenvalue weighted by Crippen LogP contribution is 2.28. The molecular weight excluding hydrogens is 266 g/mol. The number of aromatic nitrogens is 2. The Kier molecular flexibility index (Phi) is 4.28. The maximum Gasteiger partial charge on any atom is 0.326 e. The standard InChI is InChI=1S/C12H15N3O3S/c1-7-5-19-10-9(7)13-6-14-11(10)15-8(12(16)17)3-4-18-2/h5-6,8H,3-4H2,1-2H3,(H,16,17)(H,13,14,15). The van der Waals surface area contributed by atoms with Crippen LogP contribution in [0.1, 0.15) is 12.0 Å². The minimum absolute atomic E-state index is 0.377. The molecule has 7 heteroatoms. The van der Waals surface area contributed by atoms with E-state index in [1.54, 1.807) is 7.11 Å². The normalized spacial score (nSPS) is 12.5. The first kappa shape index (κ1) is 13.7. The average Bonchev–Trinajstić information content (AvgIpc) is 2.77. The first-order chi connectivity index (χ1) is 9.13. The van der Waals surface area contributed by atoms with Crippen molar-refractivity contribution in [2.75, 3.05) is 19.0 Å². The summed E-state index contributed by atoms with van der Waals surface area (Å²) >= 11 is 1.51. The van der Waals surface area contributed by atoms with Gasteiger partial charge >= 0.3 is 5.97 Å². The number of rotatable bonds is 6. The first-order valence-corrected chi connectivity index (χ1v) is 6.68. The molecule has 0 aliphatic heterocycles. The van der Waals surface area contributed by atoms with E-state index in [4.69, 9.17) is 4.74 Å². The number of ether oxygens (including phenoxy) is 1. The van der Waals surface area contributed by atoms with Crippen molar-refractivity contribution in [2.45, 2.75) is 19.4 Å². The van der Waals surface area contributed by atoms with Crippen LogP contribution in [0, 0.1) is 6.92 Å². The summed E-state index contributed by atoms with van der Waals surface area (Å²) in [5.41, 5.74) is 1.92. The minimum Gasteiger partial charge on any atom is -0.480 e. The van der Waals surface area contributed by atoms with Crippen molar-refractivity contribution < 1.29 is 14.6 Å². The summed E-state index contributed by atoms with van der Waals surface area (Å²) in [7, 11) is 1.55. The third-order valence-corrected chi connectivity index (χ3v) is 3.84. The van der Waals surface area contributed by atoms with E-state index in [0.29, 0.717) is 18.8 Å². The van der Waals surface area contributed by atoms with Gasteiger partial charge in [-0.25, -0.2) is 14.8 Å². The number of nitrogens with one attached hydrogen (secondary N) is 1. The van der Waals surface area contributed by atoms with Crippen molar-refractivity contribution in [3.63, 3.8) is 0 Å². The predicted octanol–water partition coefficient (Wildman–Crippen LogP) is 1.90. The Labute approximate surface area is 114 Å². The van der Waals surface area contributed by atoms with Crippen LogP contribution in [0.5, 0.6) is 0 Å². The molecule has 2 N–H and O–H groups in total. The van der Waals surface area contributed by atoms with E-state index in [9.17, 15) is 9.90 Å². The Bertz CT molecular complexity index is 585. The predicted molar refractivity (Wildman–Crippen MR) is 73.7 cm³/mol. The summed E-state index contributed by atoms with van der Waals surface area (Å²) in [6.07, 6.45) is 1.82. The summed E-state index contributed by atoms with van der Waals surface area (Å²) in [6, 6.07) is -0.722. The largest absolute Gasteiger partial charge is 0.480 e. The number of methoxy groups -OCH3 is 1. The maximum atomic E-state index is 11.2. The second kappa shape index (κ2) is 5.94. The Hall–Kier alpha value is -1.73. The minimum atomic E-state index is -0.919. The van der Waals surface area contributed by atoms with E-state index in [-0.39, 0.29) is 0 Å². The highest BCUT2D eigenvalue weighted by molar-refractivity contribution is 7.18. The lowest BCUT2D eigenvalue weighted by atomic mass is 10.2. The summed E-state index contributed by atoms with van der Waals surface area (Å²) in [5.74, 6) is -0.358. The molecule has 0 saturated heterocycles. The summed E-state index contributed by atoms with van der Waals surface area (Å²) < 4.78 is 5.80. The van der Waals surface area contributed by atoms with Gasteiger partial charge in [0.15, 0.2) is 0 Å². The van der Waals surface area contributed by atoms with E-state index in [0.717, 1.165) is 15.8 Å². The van der Waals surface area contributed by atoms with Crippen LogP contribution < -0.4 is 5.32 Å². The molecule has 0 aliphatic rings. The van der Waals surface area contributed by atoms with Crippen LogP contribution >= 0.6 is 11.3 Å². The SMILES string of the molecule is COCCC(Nc1ncnc2c(C)csc12)C(=O)O. The zero-order chi connectivity index (χ0) is 13.8. The smallest absolute Gasteiger partial charge is 0.326 e. The number of anilines is 1. The lowest BCUT2D eigenvalue weighted by Gasteiger charge is -2.14. The molecule has 0 aliphatic carbocycles. The Balaban J connectivity index is 2.26. The third kappa shape index (κ3) is 2.99. The zero-order valence-electron chi connectivity index (χ0n) is 10.7. The summed E-state index contributed by atoms with van der Waals surface area (Å²) in [5, 5.41) is 14.1. The van der Waals surface area contributed by atoms with Gasteiger partial charge in [0.05, 0.1) is 10.2 Å². The van der Waals surface area contributed by atoms with Gasteiger partial charge < -0.3 is 15.2 Å². The molecule has 1 atom stereocenters. The van der Waals surface area contributed by atoms with Gasteiger partial charge in [-0.15, -0.1) is 11.3 Å². The van der Waals surface area contributed by atoms with Crippen molar-refractivity contribution in [3.8, 4) is 0 Å². The lowest BCUT2D eigenvalue weighted by molar-refractivity contribution is -0.138. The molecule has 6 nitrogen and oxygen atoms in total. The Morgan fingerprint density at radius 3 is 3.05 bits per heavy atom. The van der Waals surface area contributed by atoms with Gasteiger partial charge in [0.25, 0.3) is 0 Å². The molecule has 0 radical (unpaired) electrons. The van der Waals surface area contributed by atoms with Gasteiger partial charge in [0, 0.05) is 20.1 Å². The zero-order valence-corrected chi connectivity index (χ0v) is 11.5. The first-order valence-electron chi connectivity index (χ1n) is 5.80. The number of nitrogens with zero attached hydrogens (tertiary/aromatic N) is 2. The molecule has 0 spiro atoms. The Morgan fingerprint density at radius 2 is 2.37 bits per heavy atom. The van der Waals surface area contributed by atoms with Crippen molar-refractivity contribution in [1.29, 1.82) is 0 Å². The van der Waals surface area contributed by atoms with Gasteiger partial charge in [-0.2, -0.15) is 0 Å². The summed E-state index contributed by atoms with van der Waals surface area (Å²) in [4.78, 5) is 19.5. The fourth-order valence-corrected chi connectivity index (χ4v) is 2.69. The highest BCUT2D eigenvalue weighted by Gasteiger charge is 2.19. The van der Waals surface area contributed by atoms with Gasteiger partial charge in [0.2, 0.25) is 0 Å². The van der Waals surface area contributed by atoms with Crippen LogP contribution in [0.2, 0.25) is 0 Å². The van der Waals surface area contributed by atoms with Crippen LogP contribution in [0.25, 0.3) is 10.2 Å². The lowest BCUT2D eigenvalue weighted by Crippen LogP contribution is -2.30. The van der Waals surface area contributed by atoms with Crippen molar-refractivity contribution >= 4 is 33.3 Å². The van der Waals surface area contributed by atoms with E-state index >= 15 is 0 Å². The number of carboxylic acids is 1. The molecule has 0 saturated carbocycles. The van der Waals surface area contributed by atoms with E-state index in [1.807, 2.05) is 12.3 Å². The molecule has 102 valence electrons. The second-order valence-electron chi connectivity index (χ2n) is 4.14. The number of carboxylic acid groups (broad SMARTS) is 1. The van der Waals surface area contributed by atoms with Crippen LogP contribution in [0.15, 0.2) is 11.7 Å². The van der Waals surface area contributed by atoms with Gasteiger partial charge in [0.1, 0.15) is 18.2 Å². The maximum absolute atomic E-state index is 11.2. The molecule has 2 aromatic heterocycles. The van der Waals surface area contributed by atoms with Crippen LogP contribution in [0.3, 0.4) is 0 Å². The van der Waals surface area contributed by atoms with Gasteiger partial charge in [-0.05, 0) is 17.9 Å². The van der Waals surface area contributed by atoms with Crippen LogP contribution in [0.4, 0.5) is 5.82 Å². The molecule has 0 fully saturated rings. The Morgan fingerprint density at radius 1 is 1.58 bits per heavy atom. The third-order valence-electron chi connectivity index (χ3n) is 2.75. The quantitative estimate of drug-likeness (QED) is 0.841. The fraction of sp³-hybridized carbons (Fsp3) is 0.417. The number of fused-ring (bicyclic) bond motifs is 1.